The predicted molar refractivity (Wildman–Crippen MR) is 140 cm³/mol. The van der Waals surface area contributed by atoms with Crippen molar-refractivity contribution >= 4 is 29.1 Å². The first-order chi connectivity index (χ1) is 17.7. The predicted octanol–water partition coefficient (Wildman–Crippen LogP) is 4.65. The summed E-state index contributed by atoms with van der Waals surface area (Å²) in [5.74, 6) is 1.58. The van der Waals surface area contributed by atoms with E-state index in [0.29, 0.717) is 18.2 Å². The Morgan fingerprint density at radius 1 is 1.06 bits per heavy atom. The maximum Gasteiger partial charge on any atom is 0.266 e. The fourth-order valence-corrected chi connectivity index (χ4v) is 5.76. The van der Waals surface area contributed by atoms with Crippen molar-refractivity contribution in [3.05, 3.63) is 90.6 Å². The molecule has 2 atom stereocenters. The highest BCUT2D eigenvalue weighted by atomic mass is 16.2. The zero-order chi connectivity index (χ0) is 24.2. The number of benzene rings is 2. The Labute approximate surface area is 209 Å². The highest BCUT2D eigenvalue weighted by Crippen LogP contribution is 2.44. The third-order valence-electron chi connectivity index (χ3n) is 7.54. The van der Waals surface area contributed by atoms with Crippen molar-refractivity contribution in [1.82, 2.24) is 19.0 Å². The SMILES string of the molecule is CN1C(=O)c2c(cn(Cc3ccc(-n4ccnc4)cc3)c2Nc2ccccc2)N2C1=N[C@@H]1CCC[C@@H]12. The van der Waals surface area contributed by atoms with Crippen LogP contribution in [0.4, 0.5) is 17.2 Å². The molecule has 0 saturated heterocycles. The van der Waals surface area contributed by atoms with Crippen LogP contribution in [-0.4, -0.2) is 50.0 Å². The van der Waals surface area contributed by atoms with Gasteiger partial charge in [0.05, 0.1) is 24.1 Å². The van der Waals surface area contributed by atoms with E-state index in [9.17, 15) is 4.79 Å². The zero-order valence-corrected chi connectivity index (χ0v) is 20.1. The summed E-state index contributed by atoms with van der Waals surface area (Å²) >= 11 is 0. The number of fused-ring (bicyclic) bond motifs is 5. The van der Waals surface area contributed by atoms with E-state index in [4.69, 9.17) is 4.99 Å². The number of aromatic nitrogens is 3. The van der Waals surface area contributed by atoms with Crippen LogP contribution in [0.2, 0.25) is 0 Å². The second-order valence-corrected chi connectivity index (χ2v) is 9.72. The maximum absolute atomic E-state index is 13.7. The van der Waals surface area contributed by atoms with Crippen molar-refractivity contribution in [1.29, 1.82) is 0 Å². The van der Waals surface area contributed by atoms with E-state index in [-0.39, 0.29) is 11.9 Å². The van der Waals surface area contributed by atoms with Crippen LogP contribution in [0.1, 0.15) is 35.2 Å². The van der Waals surface area contributed by atoms with Crippen LogP contribution in [0.15, 0.2) is 84.5 Å². The zero-order valence-electron chi connectivity index (χ0n) is 20.1. The molecule has 1 N–H and O–H groups in total. The summed E-state index contributed by atoms with van der Waals surface area (Å²) in [5, 5.41) is 3.56. The Morgan fingerprint density at radius 3 is 2.67 bits per heavy atom. The first-order valence-corrected chi connectivity index (χ1v) is 12.4. The lowest BCUT2D eigenvalue weighted by Gasteiger charge is -2.35. The fourth-order valence-electron chi connectivity index (χ4n) is 5.76. The minimum Gasteiger partial charge on any atom is -0.341 e. The van der Waals surface area contributed by atoms with Gasteiger partial charge in [0.1, 0.15) is 11.4 Å². The molecule has 0 unspecified atom stereocenters. The van der Waals surface area contributed by atoms with Crippen LogP contribution >= 0.6 is 0 Å². The number of guanidine groups is 1. The topological polar surface area (TPSA) is 70.7 Å². The summed E-state index contributed by atoms with van der Waals surface area (Å²) < 4.78 is 4.15. The molecule has 4 aromatic rings. The number of rotatable bonds is 5. The summed E-state index contributed by atoms with van der Waals surface area (Å²) in [6.45, 7) is 0.637. The molecule has 1 aliphatic carbocycles. The molecule has 4 heterocycles. The third kappa shape index (κ3) is 3.25. The number of hydrogen-bond donors (Lipinski definition) is 1. The van der Waals surface area contributed by atoms with Gasteiger partial charge in [-0.25, -0.2) is 9.98 Å². The largest absolute Gasteiger partial charge is 0.341 e. The highest BCUT2D eigenvalue weighted by Gasteiger charge is 2.48. The van der Waals surface area contributed by atoms with Gasteiger partial charge in [-0.2, -0.15) is 0 Å². The smallest absolute Gasteiger partial charge is 0.266 e. The van der Waals surface area contributed by atoms with Crippen molar-refractivity contribution in [2.75, 3.05) is 17.3 Å². The molecule has 1 fully saturated rings. The van der Waals surface area contributed by atoms with E-state index in [0.717, 1.165) is 47.2 Å². The maximum atomic E-state index is 13.7. The van der Waals surface area contributed by atoms with Gasteiger partial charge in [-0.3, -0.25) is 9.69 Å². The molecule has 1 saturated carbocycles. The molecule has 2 aliphatic heterocycles. The van der Waals surface area contributed by atoms with Gasteiger partial charge in [-0.05, 0) is 49.1 Å². The number of imidazole rings is 1. The van der Waals surface area contributed by atoms with Gasteiger partial charge < -0.3 is 19.4 Å². The Kier molecular flexibility index (Phi) is 4.73. The van der Waals surface area contributed by atoms with Gasteiger partial charge in [0.2, 0.25) is 5.96 Å². The lowest BCUT2D eigenvalue weighted by atomic mass is 10.1. The molecule has 0 bridgehead atoms. The number of nitrogens with zero attached hydrogens (tertiary/aromatic N) is 6. The van der Waals surface area contributed by atoms with Gasteiger partial charge >= 0.3 is 0 Å². The third-order valence-corrected chi connectivity index (χ3v) is 7.54. The van der Waals surface area contributed by atoms with Gasteiger partial charge in [0, 0.05) is 43.6 Å². The van der Waals surface area contributed by atoms with Crippen molar-refractivity contribution in [2.45, 2.75) is 37.9 Å². The average molecular weight is 478 g/mol. The Hall–Kier alpha value is -4.33. The van der Waals surface area contributed by atoms with Gasteiger partial charge in [-0.15, -0.1) is 0 Å². The molecular weight excluding hydrogens is 450 g/mol. The minimum absolute atomic E-state index is 0.0207. The van der Waals surface area contributed by atoms with Crippen molar-refractivity contribution < 1.29 is 4.79 Å². The van der Waals surface area contributed by atoms with E-state index in [1.807, 2.05) is 48.1 Å². The summed E-state index contributed by atoms with van der Waals surface area (Å²) in [4.78, 5) is 26.8. The van der Waals surface area contributed by atoms with Gasteiger partial charge in [0.15, 0.2) is 0 Å². The van der Waals surface area contributed by atoms with E-state index in [2.05, 4.69) is 50.2 Å². The first kappa shape index (κ1) is 21.0. The quantitative estimate of drug-likeness (QED) is 0.454. The second-order valence-electron chi connectivity index (χ2n) is 9.72. The fraction of sp³-hybridized carbons (Fsp3) is 0.250. The molecule has 180 valence electrons. The van der Waals surface area contributed by atoms with Gasteiger partial charge in [0.25, 0.3) is 5.91 Å². The molecule has 0 spiro atoms. The summed E-state index contributed by atoms with van der Waals surface area (Å²) in [5.41, 5.74) is 4.83. The molecule has 7 rings (SSSR count). The number of nitrogens with one attached hydrogen (secondary N) is 1. The minimum atomic E-state index is -0.0207. The van der Waals surface area contributed by atoms with E-state index in [1.54, 1.807) is 17.4 Å². The summed E-state index contributed by atoms with van der Waals surface area (Å²) in [7, 11) is 1.84. The molecule has 36 heavy (non-hydrogen) atoms. The lowest BCUT2D eigenvalue weighted by Crippen LogP contribution is -2.51. The normalized spacial score (nSPS) is 20.2. The molecule has 0 radical (unpaired) electrons. The number of carbonyl (C=O) groups is 1. The molecule has 1 amide bonds. The van der Waals surface area contributed by atoms with Crippen LogP contribution < -0.4 is 10.2 Å². The number of amides is 1. The van der Waals surface area contributed by atoms with Crippen LogP contribution in [-0.2, 0) is 6.54 Å². The monoisotopic (exact) mass is 477 g/mol. The summed E-state index contributed by atoms with van der Waals surface area (Å²) in [6, 6.07) is 19.1. The number of carbonyl (C=O) groups excluding carboxylic acids is 1. The Balaban J connectivity index is 1.31. The lowest BCUT2D eigenvalue weighted by molar-refractivity contribution is 0.0866. The van der Waals surface area contributed by atoms with Crippen LogP contribution in [0.3, 0.4) is 0 Å². The van der Waals surface area contributed by atoms with Crippen molar-refractivity contribution in [2.24, 2.45) is 4.99 Å². The van der Waals surface area contributed by atoms with Crippen molar-refractivity contribution in [3.8, 4) is 5.69 Å². The number of para-hydroxylation sites is 1. The summed E-state index contributed by atoms with van der Waals surface area (Å²) in [6.07, 6.45) is 11.0. The van der Waals surface area contributed by atoms with Crippen LogP contribution in [0.25, 0.3) is 5.69 Å². The van der Waals surface area contributed by atoms with E-state index >= 15 is 0 Å². The standard InChI is InChI=1S/C28H27N7O/c1-32-27(36)25-24(35-23-9-5-8-22(23)31-28(32)35)17-34(26(25)30-20-6-3-2-4-7-20)16-19-10-12-21(13-11-19)33-15-14-29-18-33/h2-4,6-7,10-15,17-18,22-23,30H,5,8-9,16H2,1H3/t22-,23+/m1/s1. The number of aliphatic imine (C=N–C) groups is 1. The molecule has 8 heteroatoms. The van der Waals surface area contributed by atoms with Crippen LogP contribution in [0.5, 0.6) is 0 Å². The molecule has 3 aliphatic rings. The molecule has 2 aromatic carbocycles. The van der Waals surface area contributed by atoms with E-state index < -0.39 is 0 Å². The van der Waals surface area contributed by atoms with Crippen molar-refractivity contribution in [3.63, 3.8) is 0 Å². The number of hydrogen-bond acceptors (Lipinski definition) is 5. The number of anilines is 3. The molecule has 8 nitrogen and oxygen atoms in total. The first-order valence-electron chi connectivity index (χ1n) is 12.4. The van der Waals surface area contributed by atoms with Crippen LogP contribution in [0, 0.1) is 0 Å². The highest BCUT2D eigenvalue weighted by molar-refractivity contribution is 6.22. The molecule has 2 aromatic heterocycles. The van der Waals surface area contributed by atoms with E-state index in [1.165, 1.54) is 6.42 Å². The van der Waals surface area contributed by atoms with Gasteiger partial charge in [-0.1, -0.05) is 30.3 Å². The molecular formula is C28H27N7O. The second kappa shape index (κ2) is 8.12. The Morgan fingerprint density at radius 2 is 1.89 bits per heavy atom. The Bertz CT molecular complexity index is 1450. The average Bonchev–Trinajstić information content (AvgIpc) is 3.69.